The molecule has 1 aliphatic carbocycles. The lowest BCUT2D eigenvalue weighted by Crippen LogP contribution is -2.26. The first kappa shape index (κ1) is 18.5. The largest absolute Gasteiger partial charge is 0.383 e. The highest BCUT2D eigenvalue weighted by Gasteiger charge is 2.28. The summed E-state index contributed by atoms with van der Waals surface area (Å²) in [6, 6.07) is 0.278. The van der Waals surface area contributed by atoms with Crippen molar-refractivity contribution in [1.29, 1.82) is 0 Å². The van der Waals surface area contributed by atoms with Crippen LogP contribution in [0.4, 0.5) is 11.6 Å². The Morgan fingerprint density at radius 3 is 3.00 bits per heavy atom. The van der Waals surface area contributed by atoms with E-state index >= 15 is 0 Å². The SMILES string of the molecule is CCNCCC(C)Cn1nc(NC2=CNC3C=CC=CC23)c2c(N)ncnc21. The predicted octanol–water partition coefficient (Wildman–Crippen LogP) is 2.01. The van der Waals surface area contributed by atoms with Gasteiger partial charge >= 0.3 is 0 Å². The molecular weight excluding hydrogens is 352 g/mol. The van der Waals surface area contributed by atoms with Crippen LogP contribution >= 0.6 is 0 Å². The van der Waals surface area contributed by atoms with Crippen molar-refractivity contribution < 1.29 is 0 Å². The third-order valence-corrected chi connectivity index (χ3v) is 5.30. The summed E-state index contributed by atoms with van der Waals surface area (Å²) < 4.78 is 1.95. The predicted molar refractivity (Wildman–Crippen MR) is 112 cm³/mol. The molecule has 0 aromatic carbocycles. The number of anilines is 2. The van der Waals surface area contributed by atoms with Crippen molar-refractivity contribution in [2.45, 2.75) is 32.9 Å². The molecule has 0 bridgehead atoms. The number of allylic oxidation sites excluding steroid dienone is 2. The van der Waals surface area contributed by atoms with Crippen LogP contribution in [0.1, 0.15) is 20.3 Å². The van der Waals surface area contributed by atoms with Crippen molar-refractivity contribution >= 4 is 22.7 Å². The number of hydrogen-bond acceptors (Lipinski definition) is 7. The van der Waals surface area contributed by atoms with Crippen LogP contribution < -0.4 is 21.7 Å². The van der Waals surface area contributed by atoms with Gasteiger partial charge in [0.2, 0.25) is 0 Å². The minimum atomic E-state index is 0.259. The van der Waals surface area contributed by atoms with Crippen LogP contribution in [0, 0.1) is 11.8 Å². The van der Waals surface area contributed by atoms with Crippen molar-refractivity contribution in [2.24, 2.45) is 11.8 Å². The maximum atomic E-state index is 6.19. The van der Waals surface area contributed by atoms with E-state index in [-0.39, 0.29) is 12.0 Å². The number of nitrogens with two attached hydrogens (primary N) is 1. The number of fused-ring (bicyclic) bond motifs is 2. The molecule has 148 valence electrons. The van der Waals surface area contributed by atoms with E-state index in [0.29, 0.717) is 17.6 Å². The van der Waals surface area contributed by atoms with Crippen LogP contribution in [-0.4, -0.2) is 38.9 Å². The molecule has 8 heteroatoms. The Morgan fingerprint density at radius 2 is 2.14 bits per heavy atom. The van der Waals surface area contributed by atoms with Gasteiger partial charge in [-0.1, -0.05) is 38.2 Å². The molecule has 0 amide bonds. The van der Waals surface area contributed by atoms with Gasteiger partial charge in [0.05, 0.1) is 6.04 Å². The molecule has 3 unspecified atom stereocenters. The molecule has 5 N–H and O–H groups in total. The molecule has 0 fully saturated rings. The van der Waals surface area contributed by atoms with Gasteiger partial charge < -0.3 is 21.7 Å². The Balaban J connectivity index is 1.58. The third-order valence-electron chi connectivity index (χ3n) is 5.30. The molecule has 0 saturated carbocycles. The van der Waals surface area contributed by atoms with Gasteiger partial charge in [-0.05, 0) is 25.4 Å². The standard InChI is InChI=1S/C20H28N8/c1-3-22-9-8-13(2)11-28-20-17(18(21)24-12-25-20)19(27-28)26-16-10-23-15-7-5-4-6-14(15)16/h4-7,10,12-15,22-23H,3,8-9,11H2,1-2H3,(H,26,27)(H2,21,24,25). The van der Waals surface area contributed by atoms with Crippen molar-refractivity contribution in [3.63, 3.8) is 0 Å². The van der Waals surface area contributed by atoms with Gasteiger partial charge in [-0.3, -0.25) is 0 Å². The molecule has 3 heterocycles. The van der Waals surface area contributed by atoms with Crippen molar-refractivity contribution in [1.82, 2.24) is 30.4 Å². The van der Waals surface area contributed by atoms with Crippen LogP contribution in [0.3, 0.4) is 0 Å². The fraction of sp³-hybridized carbons (Fsp3) is 0.450. The molecule has 2 aromatic rings. The quantitative estimate of drug-likeness (QED) is 0.519. The second kappa shape index (κ2) is 8.02. The highest BCUT2D eigenvalue weighted by molar-refractivity contribution is 5.96. The smallest absolute Gasteiger partial charge is 0.165 e. The number of nitrogens with one attached hydrogen (secondary N) is 3. The summed E-state index contributed by atoms with van der Waals surface area (Å²) in [7, 11) is 0. The van der Waals surface area contributed by atoms with Gasteiger partial charge in [0.15, 0.2) is 11.5 Å². The molecule has 1 aliphatic heterocycles. The van der Waals surface area contributed by atoms with Crippen LogP contribution in [0.5, 0.6) is 0 Å². The van der Waals surface area contributed by atoms with Crippen LogP contribution in [0.2, 0.25) is 0 Å². The number of nitrogens with zero attached hydrogens (tertiary/aromatic N) is 4. The molecule has 8 nitrogen and oxygen atoms in total. The number of aromatic nitrogens is 4. The molecular formula is C20H28N8. The second-order valence-electron chi connectivity index (χ2n) is 7.45. The summed E-state index contributed by atoms with van der Waals surface area (Å²) in [6.07, 6.45) is 13.1. The molecule has 0 radical (unpaired) electrons. The lowest BCUT2D eigenvalue weighted by Gasteiger charge is -2.19. The van der Waals surface area contributed by atoms with E-state index in [9.17, 15) is 0 Å². The average Bonchev–Trinajstić information content (AvgIpc) is 3.25. The van der Waals surface area contributed by atoms with E-state index in [2.05, 4.69) is 64.1 Å². The highest BCUT2D eigenvalue weighted by Crippen LogP contribution is 2.31. The zero-order valence-electron chi connectivity index (χ0n) is 16.4. The summed E-state index contributed by atoms with van der Waals surface area (Å²) >= 11 is 0. The minimum Gasteiger partial charge on any atom is -0.383 e. The van der Waals surface area contributed by atoms with E-state index in [1.807, 2.05) is 10.9 Å². The Labute approximate surface area is 165 Å². The second-order valence-corrected chi connectivity index (χ2v) is 7.45. The maximum absolute atomic E-state index is 6.19. The lowest BCUT2D eigenvalue weighted by atomic mass is 9.95. The van der Waals surface area contributed by atoms with Crippen molar-refractivity contribution in [3.8, 4) is 0 Å². The Kier molecular flexibility index (Phi) is 5.29. The van der Waals surface area contributed by atoms with Crippen LogP contribution in [0.25, 0.3) is 11.0 Å². The van der Waals surface area contributed by atoms with Crippen molar-refractivity contribution in [2.75, 3.05) is 24.1 Å². The topological polar surface area (TPSA) is 106 Å². The van der Waals surface area contributed by atoms with Gasteiger partial charge in [0.1, 0.15) is 17.5 Å². The van der Waals surface area contributed by atoms with Crippen molar-refractivity contribution in [3.05, 3.63) is 42.5 Å². The van der Waals surface area contributed by atoms with Gasteiger partial charge in [-0.15, -0.1) is 0 Å². The van der Waals surface area contributed by atoms with E-state index < -0.39 is 0 Å². The fourth-order valence-corrected chi connectivity index (χ4v) is 3.76. The summed E-state index contributed by atoms with van der Waals surface area (Å²) in [4.78, 5) is 8.64. The van der Waals surface area contributed by atoms with E-state index in [4.69, 9.17) is 10.8 Å². The van der Waals surface area contributed by atoms with Crippen LogP contribution in [0.15, 0.2) is 42.5 Å². The fourth-order valence-electron chi connectivity index (χ4n) is 3.76. The first-order valence-electron chi connectivity index (χ1n) is 9.93. The Bertz CT molecular complexity index is 926. The normalized spacial score (nSPS) is 21.4. The third kappa shape index (κ3) is 3.60. The van der Waals surface area contributed by atoms with Gasteiger partial charge in [-0.25, -0.2) is 14.6 Å². The lowest BCUT2D eigenvalue weighted by molar-refractivity contribution is 0.422. The number of hydrogen-bond donors (Lipinski definition) is 4. The molecule has 4 rings (SSSR count). The average molecular weight is 381 g/mol. The minimum absolute atomic E-state index is 0.259. The zero-order chi connectivity index (χ0) is 19.5. The van der Waals surface area contributed by atoms with E-state index in [1.165, 1.54) is 6.33 Å². The summed E-state index contributed by atoms with van der Waals surface area (Å²) in [5.41, 5.74) is 8.03. The summed E-state index contributed by atoms with van der Waals surface area (Å²) in [5.74, 6) is 1.88. The number of nitrogen functional groups attached to an aromatic ring is 1. The monoisotopic (exact) mass is 380 g/mol. The Morgan fingerprint density at radius 1 is 1.29 bits per heavy atom. The molecule has 2 aliphatic rings. The van der Waals surface area contributed by atoms with Crippen LogP contribution in [-0.2, 0) is 6.54 Å². The van der Waals surface area contributed by atoms with Gasteiger partial charge in [-0.2, -0.15) is 5.10 Å². The zero-order valence-corrected chi connectivity index (χ0v) is 16.4. The molecule has 0 spiro atoms. The molecule has 28 heavy (non-hydrogen) atoms. The maximum Gasteiger partial charge on any atom is 0.165 e. The highest BCUT2D eigenvalue weighted by atomic mass is 15.3. The van der Waals surface area contributed by atoms with E-state index in [0.717, 1.165) is 42.8 Å². The molecule has 0 saturated heterocycles. The first-order chi connectivity index (χ1) is 13.7. The molecule has 2 aromatic heterocycles. The number of rotatable bonds is 8. The summed E-state index contributed by atoms with van der Waals surface area (Å²) in [5, 5.41) is 15.8. The first-order valence-corrected chi connectivity index (χ1v) is 9.93. The molecule has 3 atom stereocenters. The van der Waals surface area contributed by atoms with Gasteiger partial charge in [0.25, 0.3) is 0 Å². The Hall–Kier alpha value is -2.87. The van der Waals surface area contributed by atoms with E-state index in [1.54, 1.807) is 0 Å². The van der Waals surface area contributed by atoms with Gasteiger partial charge in [0, 0.05) is 24.4 Å². The summed E-state index contributed by atoms with van der Waals surface area (Å²) in [6.45, 7) is 7.13.